The van der Waals surface area contributed by atoms with Crippen molar-refractivity contribution in [2.45, 2.75) is 13.0 Å². The molecule has 2 heteroatoms. The molecule has 0 aliphatic heterocycles. The van der Waals surface area contributed by atoms with Gasteiger partial charge in [-0.1, -0.05) is 24.3 Å². The molecule has 0 bridgehead atoms. The SMILES string of the molecule is C[C@H](O)c1cccc(-c2cccnc2)c1. The molecule has 1 atom stereocenters. The van der Waals surface area contributed by atoms with Gasteiger partial charge in [0.05, 0.1) is 6.10 Å². The summed E-state index contributed by atoms with van der Waals surface area (Å²) in [6.45, 7) is 1.77. The standard InChI is InChI=1S/C13H13NO/c1-10(15)11-4-2-5-12(8-11)13-6-3-7-14-9-13/h2-10,15H,1H3/t10-/m0/s1. The van der Waals surface area contributed by atoms with Gasteiger partial charge >= 0.3 is 0 Å². The summed E-state index contributed by atoms with van der Waals surface area (Å²) in [5, 5.41) is 9.48. The van der Waals surface area contributed by atoms with Gasteiger partial charge in [-0.15, -0.1) is 0 Å². The second-order valence-electron chi connectivity index (χ2n) is 3.54. The minimum atomic E-state index is -0.429. The Morgan fingerprint density at radius 3 is 2.60 bits per heavy atom. The van der Waals surface area contributed by atoms with E-state index in [9.17, 15) is 5.11 Å². The molecule has 0 fully saturated rings. The third kappa shape index (κ3) is 2.22. The molecule has 2 nitrogen and oxygen atoms in total. The number of rotatable bonds is 2. The smallest absolute Gasteiger partial charge is 0.0762 e. The van der Waals surface area contributed by atoms with Gasteiger partial charge < -0.3 is 5.11 Å². The maximum atomic E-state index is 9.48. The van der Waals surface area contributed by atoms with Gasteiger partial charge in [-0.3, -0.25) is 4.98 Å². The van der Waals surface area contributed by atoms with Crippen LogP contribution >= 0.6 is 0 Å². The molecule has 0 aliphatic carbocycles. The fourth-order valence-corrected chi connectivity index (χ4v) is 1.51. The van der Waals surface area contributed by atoms with E-state index in [1.807, 2.05) is 42.6 Å². The minimum absolute atomic E-state index is 0.429. The first-order chi connectivity index (χ1) is 7.27. The molecule has 0 unspecified atom stereocenters. The van der Waals surface area contributed by atoms with Crippen LogP contribution in [0.4, 0.5) is 0 Å². The molecular weight excluding hydrogens is 186 g/mol. The topological polar surface area (TPSA) is 33.1 Å². The molecule has 0 saturated carbocycles. The quantitative estimate of drug-likeness (QED) is 0.806. The van der Waals surface area contributed by atoms with E-state index in [1.54, 1.807) is 13.1 Å². The minimum Gasteiger partial charge on any atom is -0.389 e. The number of hydrogen-bond acceptors (Lipinski definition) is 2. The van der Waals surface area contributed by atoms with Gasteiger partial charge in [-0.05, 0) is 35.7 Å². The summed E-state index contributed by atoms with van der Waals surface area (Å²) >= 11 is 0. The van der Waals surface area contributed by atoms with Gasteiger partial charge in [0.15, 0.2) is 0 Å². The predicted molar refractivity (Wildman–Crippen MR) is 60.3 cm³/mol. The molecule has 0 aliphatic rings. The molecule has 0 radical (unpaired) electrons. The highest BCUT2D eigenvalue weighted by molar-refractivity contribution is 5.63. The number of hydrogen-bond donors (Lipinski definition) is 1. The summed E-state index contributed by atoms with van der Waals surface area (Å²) in [4.78, 5) is 4.07. The highest BCUT2D eigenvalue weighted by atomic mass is 16.3. The van der Waals surface area contributed by atoms with Crippen molar-refractivity contribution >= 4 is 0 Å². The molecule has 1 heterocycles. The van der Waals surface area contributed by atoms with Crippen LogP contribution in [0.3, 0.4) is 0 Å². The lowest BCUT2D eigenvalue weighted by atomic mass is 10.0. The Labute approximate surface area is 89.2 Å². The molecule has 0 saturated heterocycles. The zero-order valence-electron chi connectivity index (χ0n) is 8.59. The Bertz CT molecular complexity index is 437. The molecule has 0 spiro atoms. The largest absolute Gasteiger partial charge is 0.389 e. The van der Waals surface area contributed by atoms with Crippen molar-refractivity contribution in [1.82, 2.24) is 4.98 Å². The lowest BCUT2D eigenvalue weighted by Crippen LogP contribution is -1.90. The fraction of sp³-hybridized carbons (Fsp3) is 0.154. The van der Waals surface area contributed by atoms with E-state index >= 15 is 0 Å². The average Bonchev–Trinajstić information content (AvgIpc) is 2.30. The van der Waals surface area contributed by atoms with E-state index in [0.29, 0.717) is 0 Å². The van der Waals surface area contributed by atoms with Crippen molar-refractivity contribution in [2.75, 3.05) is 0 Å². The second-order valence-corrected chi connectivity index (χ2v) is 3.54. The van der Waals surface area contributed by atoms with Crippen molar-refractivity contribution in [2.24, 2.45) is 0 Å². The van der Waals surface area contributed by atoms with E-state index in [2.05, 4.69) is 4.98 Å². The third-order valence-electron chi connectivity index (χ3n) is 2.36. The number of nitrogens with zero attached hydrogens (tertiary/aromatic N) is 1. The highest BCUT2D eigenvalue weighted by Gasteiger charge is 2.02. The average molecular weight is 199 g/mol. The van der Waals surface area contributed by atoms with Crippen LogP contribution in [0.25, 0.3) is 11.1 Å². The molecule has 0 amide bonds. The first kappa shape index (κ1) is 9.87. The van der Waals surface area contributed by atoms with Crippen LogP contribution in [-0.4, -0.2) is 10.1 Å². The Morgan fingerprint density at radius 2 is 1.93 bits per heavy atom. The van der Waals surface area contributed by atoms with Crippen LogP contribution in [0.1, 0.15) is 18.6 Å². The second kappa shape index (κ2) is 4.24. The molecule has 2 rings (SSSR count). The zero-order chi connectivity index (χ0) is 10.7. The van der Waals surface area contributed by atoms with Crippen LogP contribution in [0.2, 0.25) is 0 Å². The van der Waals surface area contributed by atoms with Crippen LogP contribution in [0.15, 0.2) is 48.8 Å². The summed E-state index contributed by atoms with van der Waals surface area (Å²) in [5.74, 6) is 0. The van der Waals surface area contributed by atoms with Crippen LogP contribution < -0.4 is 0 Å². The Hall–Kier alpha value is -1.67. The summed E-state index contributed by atoms with van der Waals surface area (Å²) in [6.07, 6.45) is 3.14. The Balaban J connectivity index is 2.42. The highest BCUT2D eigenvalue weighted by Crippen LogP contribution is 2.22. The fourth-order valence-electron chi connectivity index (χ4n) is 1.51. The van der Waals surface area contributed by atoms with Crippen molar-refractivity contribution in [1.29, 1.82) is 0 Å². The molecule has 1 N–H and O–H groups in total. The molecule has 15 heavy (non-hydrogen) atoms. The summed E-state index contributed by atoms with van der Waals surface area (Å²) < 4.78 is 0. The number of aliphatic hydroxyl groups is 1. The lowest BCUT2D eigenvalue weighted by Gasteiger charge is -2.07. The monoisotopic (exact) mass is 199 g/mol. The maximum Gasteiger partial charge on any atom is 0.0762 e. The summed E-state index contributed by atoms with van der Waals surface area (Å²) in [6, 6.07) is 11.8. The van der Waals surface area contributed by atoms with Crippen molar-refractivity contribution in [3.63, 3.8) is 0 Å². The van der Waals surface area contributed by atoms with Gasteiger partial charge in [-0.25, -0.2) is 0 Å². The van der Waals surface area contributed by atoms with E-state index in [0.717, 1.165) is 16.7 Å². The molecule has 2 aromatic rings. The molecule has 1 aromatic carbocycles. The van der Waals surface area contributed by atoms with E-state index in [4.69, 9.17) is 0 Å². The zero-order valence-corrected chi connectivity index (χ0v) is 8.59. The summed E-state index contributed by atoms with van der Waals surface area (Å²) in [5.41, 5.74) is 3.08. The van der Waals surface area contributed by atoms with Gasteiger partial charge in [0.2, 0.25) is 0 Å². The van der Waals surface area contributed by atoms with Gasteiger partial charge in [-0.2, -0.15) is 0 Å². The normalized spacial score (nSPS) is 12.4. The van der Waals surface area contributed by atoms with E-state index < -0.39 is 6.10 Å². The molecule has 1 aromatic heterocycles. The van der Waals surface area contributed by atoms with Crippen molar-refractivity contribution in [3.8, 4) is 11.1 Å². The third-order valence-corrected chi connectivity index (χ3v) is 2.36. The van der Waals surface area contributed by atoms with Crippen LogP contribution in [-0.2, 0) is 0 Å². The number of benzene rings is 1. The van der Waals surface area contributed by atoms with Crippen LogP contribution in [0, 0.1) is 0 Å². The summed E-state index contributed by atoms with van der Waals surface area (Å²) in [7, 11) is 0. The number of aromatic nitrogens is 1. The lowest BCUT2D eigenvalue weighted by molar-refractivity contribution is 0.199. The number of pyridine rings is 1. The maximum absolute atomic E-state index is 9.48. The van der Waals surface area contributed by atoms with Crippen LogP contribution in [0.5, 0.6) is 0 Å². The van der Waals surface area contributed by atoms with E-state index in [1.165, 1.54) is 0 Å². The Kier molecular flexibility index (Phi) is 2.79. The predicted octanol–water partition coefficient (Wildman–Crippen LogP) is 2.80. The van der Waals surface area contributed by atoms with E-state index in [-0.39, 0.29) is 0 Å². The number of aliphatic hydroxyl groups excluding tert-OH is 1. The van der Waals surface area contributed by atoms with Gasteiger partial charge in [0.25, 0.3) is 0 Å². The van der Waals surface area contributed by atoms with Crippen molar-refractivity contribution < 1.29 is 5.11 Å². The Morgan fingerprint density at radius 1 is 1.13 bits per heavy atom. The first-order valence-electron chi connectivity index (χ1n) is 4.96. The molecule has 76 valence electrons. The van der Waals surface area contributed by atoms with Gasteiger partial charge in [0, 0.05) is 12.4 Å². The molecular formula is C13H13NO. The first-order valence-corrected chi connectivity index (χ1v) is 4.96. The van der Waals surface area contributed by atoms with Crippen molar-refractivity contribution in [3.05, 3.63) is 54.4 Å². The van der Waals surface area contributed by atoms with Gasteiger partial charge in [0.1, 0.15) is 0 Å².